The minimum Gasteiger partial charge on any atom is -0.278 e. The Hall–Kier alpha value is -0.830. The standard InChI is InChI=1S/C8H7BrN2/c1-5-2-7(9)3-6-4-10-11-8(5)6/h2-4H,1H3,(H,10,11)/i4D. The van der Waals surface area contributed by atoms with Crippen LogP contribution in [0.15, 0.2) is 22.8 Å². The molecular formula is C8H7BrN2. The highest BCUT2D eigenvalue weighted by Crippen LogP contribution is 2.21. The largest absolute Gasteiger partial charge is 0.278 e. The van der Waals surface area contributed by atoms with Gasteiger partial charge in [0.15, 0.2) is 0 Å². The van der Waals surface area contributed by atoms with Crippen LogP contribution in [0, 0.1) is 6.92 Å². The molecule has 0 unspecified atom stereocenters. The number of H-pyrrole nitrogens is 1. The lowest BCUT2D eigenvalue weighted by molar-refractivity contribution is 1.11. The van der Waals surface area contributed by atoms with Gasteiger partial charge >= 0.3 is 0 Å². The van der Waals surface area contributed by atoms with E-state index in [2.05, 4.69) is 26.1 Å². The predicted molar refractivity (Wildman–Crippen MR) is 48.5 cm³/mol. The first-order valence-electron chi connectivity index (χ1n) is 3.79. The van der Waals surface area contributed by atoms with Gasteiger partial charge < -0.3 is 0 Å². The fraction of sp³-hybridized carbons (Fsp3) is 0.125. The summed E-state index contributed by atoms with van der Waals surface area (Å²) in [6.07, 6.45) is 0.300. The van der Waals surface area contributed by atoms with Crippen molar-refractivity contribution in [2.75, 3.05) is 0 Å². The quantitative estimate of drug-likeness (QED) is 0.714. The van der Waals surface area contributed by atoms with Gasteiger partial charge in [-0.2, -0.15) is 5.10 Å². The molecule has 0 aliphatic heterocycles. The Morgan fingerprint density at radius 3 is 3.27 bits per heavy atom. The molecule has 0 aliphatic carbocycles. The summed E-state index contributed by atoms with van der Waals surface area (Å²) in [7, 11) is 0. The van der Waals surface area contributed by atoms with Gasteiger partial charge in [0, 0.05) is 9.86 Å². The second-order valence-electron chi connectivity index (χ2n) is 2.48. The maximum atomic E-state index is 7.47. The van der Waals surface area contributed by atoms with Crippen molar-refractivity contribution in [1.82, 2.24) is 10.2 Å². The van der Waals surface area contributed by atoms with E-state index in [0.29, 0.717) is 6.17 Å². The monoisotopic (exact) mass is 211 g/mol. The number of hydrogen-bond donors (Lipinski definition) is 1. The molecule has 0 saturated carbocycles. The van der Waals surface area contributed by atoms with Crippen LogP contribution in [0.1, 0.15) is 6.93 Å². The van der Waals surface area contributed by atoms with E-state index in [4.69, 9.17) is 1.37 Å². The lowest BCUT2D eigenvalue weighted by Gasteiger charge is -1.95. The summed E-state index contributed by atoms with van der Waals surface area (Å²) in [5.74, 6) is 0. The van der Waals surface area contributed by atoms with E-state index in [-0.39, 0.29) is 0 Å². The highest BCUT2D eigenvalue weighted by molar-refractivity contribution is 9.10. The number of nitrogens with zero attached hydrogens (tertiary/aromatic N) is 1. The van der Waals surface area contributed by atoms with Gasteiger partial charge in [0.1, 0.15) is 0 Å². The van der Waals surface area contributed by atoms with E-state index in [1.54, 1.807) is 0 Å². The zero-order chi connectivity index (χ0) is 8.72. The Kier molecular flexibility index (Phi) is 1.23. The Morgan fingerprint density at radius 2 is 2.45 bits per heavy atom. The fourth-order valence-corrected chi connectivity index (χ4v) is 1.70. The van der Waals surface area contributed by atoms with E-state index in [0.717, 1.165) is 20.9 Å². The van der Waals surface area contributed by atoms with Crippen LogP contribution in [0.2, 0.25) is 0 Å². The average Bonchev–Trinajstić information content (AvgIpc) is 2.33. The number of benzene rings is 1. The van der Waals surface area contributed by atoms with Crippen LogP contribution >= 0.6 is 15.9 Å². The molecule has 2 rings (SSSR count). The van der Waals surface area contributed by atoms with E-state index in [1.165, 1.54) is 0 Å². The SMILES string of the molecule is [2H]c1n[nH]c2c(C)cc(Br)cc12. The summed E-state index contributed by atoms with van der Waals surface area (Å²) >= 11 is 3.38. The molecule has 56 valence electrons. The van der Waals surface area contributed by atoms with Gasteiger partial charge in [-0.05, 0) is 24.6 Å². The number of aryl methyl sites for hydroxylation is 1. The van der Waals surface area contributed by atoms with Gasteiger partial charge in [0.2, 0.25) is 0 Å². The summed E-state index contributed by atoms with van der Waals surface area (Å²) in [5, 5.41) is 7.51. The molecule has 11 heavy (non-hydrogen) atoms. The molecule has 0 atom stereocenters. The molecule has 1 aromatic carbocycles. The molecule has 0 amide bonds. The second kappa shape index (κ2) is 2.34. The molecule has 1 aromatic heterocycles. The third-order valence-corrected chi connectivity index (χ3v) is 2.10. The number of aromatic amines is 1. The minimum absolute atomic E-state index is 0.300. The normalized spacial score (nSPS) is 12.0. The maximum Gasteiger partial charge on any atom is 0.0866 e. The average molecular weight is 212 g/mol. The van der Waals surface area contributed by atoms with Gasteiger partial charge in [0.05, 0.1) is 13.1 Å². The van der Waals surface area contributed by atoms with Crippen molar-refractivity contribution >= 4 is 26.8 Å². The summed E-state index contributed by atoms with van der Waals surface area (Å²) in [6.45, 7) is 1.99. The highest BCUT2D eigenvalue weighted by Gasteiger charge is 1.99. The Bertz CT molecular complexity index is 436. The zero-order valence-electron chi connectivity index (χ0n) is 6.98. The van der Waals surface area contributed by atoms with Crippen molar-refractivity contribution < 1.29 is 1.37 Å². The van der Waals surface area contributed by atoms with Crippen molar-refractivity contribution in [3.05, 3.63) is 28.3 Å². The molecule has 2 aromatic rings. The summed E-state index contributed by atoms with van der Waals surface area (Å²) in [4.78, 5) is 0. The third kappa shape index (κ3) is 1.05. The minimum atomic E-state index is 0.300. The molecule has 0 radical (unpaired) electrons. The van der Waals surface area contributed by atoms with Crippen LogP contribution in [-0.2, 0) is 0 Å². The molecule has 3 heteroatoms. The van der Waals surface area contributed by atoms with Crippen LogP contribution in [0.25, 0.3) is 10.9 Å². The number of aromatic nitrogens is 2. The molecular weight excluding hydrogens is 204 g/mol. The Labute approximate surface area is 74.1 Å². The van der Waals surface area contributed by atoms with Crippen molar-refractivity contribution in [3.63, 3.8) is 0 Å². The second-order valence-corrected chi connectivity index (χ2v) is 3.40. The zero-order valence-corrected chi connectivity index (χ0v) is 7.57. The summed E-state index contributed by atoms with van der Waals surface area (Å²) in [6, 6.07) is 3.90. The fourth-order valence-electron chi connectivity index (χ4n) is 1.12. The summed E-state index contributed by atoms with van der Waals surface area (Å²) in [5.41, 5.74) is 2.05. The first-order chi connectivity index (χ1) is 5.68. The maximum absolute atomic E-state index is 7.47. The third-order valence-electron chi connectivity index (χ3n) is 1.64. The number of hydrogen-bond acceptors (Lipinski definition) is 1. The smallest absolute Gasteiger partial charge is 0.0866 e. The van der Waals surface area contributed by atoms with Crippen LogP contribution in [0.5, 0.6) is 0 Å². The topological polar surface area (TPSA) is 28.7 Å². The number of fused-ring (bicyclic) bond motifs is 1. The molecule has 0 aliphatic rings. The Morgan fingerprint density at radius 1 is 1.64 bits per heavy atom. The van der Waals surface area contributed by atoms with Crippen LogP contribution < -0.4 is 0 Å². The van der Waals surface area contributed by atoms with Crippen LogP contribution in [-0.4, -0.2) is 10.2 Å². The van der Waals surface area contributed by atoms with E-state index < -0.39 is 0 Å². The van der Waals surface area contributed by atoms with E-state index >= 15 is 0 Å². The molecule has 1 heterocycles. The molecule has 0 bridgehead atoms. The van der Waals surface area contributed by atoms with E-state index in [1.807, 2.05) is 19.1 Å². The van der Waals surface area contributed by atoms with E-state index in [9.17, 15) is 0 Å². The van der Waals surface area contributed by atoms with Crippen LogP contribution in [0.3, 0.4) is 0 Å². The summed E-state index contributed by atoms with van der Waals surface area (Å²) < 4.78 is 8.46. The van der Waals surface area contributed by atoms with Gasteiger partial charge in [-0.1, -0.05) is 15.9 Å². The number of halogens is 1. The van der Waals surface area contributed by atoms with Gasteiger partial charge in [-0.3, -0.25) is 5.10 Å². The van der Waals surface area contributed by atoms with Crippen LogP contribution in [0.4, 0.5) is 0 Å². The lowest BCUT2D eigenvalue weighted by atomic mass is 10.2. The first-order valence-corrected chi connectivity index (χ1v) is 4.08. The molecule has 0 spiro atoms. The molecule has 2 nitrogen and oxygen atoms in total. The predicted octanol–water partition coefficient (Wildman–Crippen LogP) is 2.63. The van der Waals surface area contributed by atoms with Crippen molar-refractivity contribution in [1.29, 1.82) is 0 Å². The number of rotatable bonds is 0. The number of nitrogens with one attached hydrogen (secondary N) is 1. The molecule has 1 N–H and O–H groups in total. The van der Waals surface area contributed by atoms with Gasteiger partial charge in [0.25, 0.3) is 0 Å². The molecule has 0 saturated heterocycles. The van der Waals surface area contributed by atoms with Crippen molar-refractivity contribution in [2.45, 2.75) is 6.92 Å². The molecule has 0 fully saturated rings. The van der Waals surface area contributed by atoms with Gasteiger partial charge in [-0.15, -0.1) is 0 Å². The van der Waals surface area contributed by atoms with Gasteiger partial charge in [-0.25, -0.2) is 0 Å². The lowest BCUT2D eigenvalue weighted by Crippen LogP contribution is -1.76. The van der Waals surface area contributed by atoms with Crippen molar-refractivity contribution in [2.24, 2.45) is 0 Å². The first kappa shape index (κ1) is 5.77. The Balaban J connectivity index is 2.92. The van der Waals surface area contributed by atoms with Crippen molar-refractivity contribution in [3.8, 4) is 0 Å². The highest BCUT2D eigenvalue weighted by atomic mass is 79.9.